The van der Waals surface area contributed by atoms with Gasteiger partial charge in [0.1, 0.15) is 9.75 Å². The van der Waals surface area contributed by atoms with Gasteiger partial charge in [-0.25, -0.2) is 14.4 Å². The average Bonchev–Trinajstić information content (AvgIpc) is 2.93. The molecule has 0 bridgehead atoms. The number of nitrogens with one attached hydrogen (secondary N) is 2. The van der Waals surface area contributed by atoms with Crippen LogP contribution in [0.1, 0.15) is 24.9 Å². The van der Waals surface area contributed by atoms with Crippen molar-refractivity contribution in [2.75, 3.05) is 17.7 Å². The number of anilines is 2. The molecule has 0 radical (unpaired) electrons. The lowest BCUT2D eigenvalue weighted by Gasteiger charge is -2.08. The number of urea groups is 1. The van der Waals surface area contributed by atoms with E-state index in [9.17, 15) is 14.4 Å². The molecule has 1 aromatic heterocycles. The van der Waals surface area contributed by atoms with Crippen LogP contribution in [0.4, 0.5) is 16.2 Å². The number of rotatable bonds is 4. The van der Waals surface area contributed by atoms with Gasteiger partial charge >= 0.3 is 18.0 Å². The number of benzene rings is 1. The van der Waals surface area contributed by atoms with Crippen molar-refractivity contribution in [3.63, 3.8) is 0 Å². The second-order valence-corrected chi connectivity index (χ2v) is 5.65. The maximum atomic E-state index is 12.0. The standard InChI is InChI=1S/C15H14N2O5S/c1-8-3-5-9(6-4-8)16-15(21)17-10-7-11(13(18)19)23-12(10)14(20)22-2/h3-7H,1-2H3,(H,18,19)(H2,16,17,21). The van der Waals surface area contributed by atoms with Crippen molar-refractivity contribution in [1.82, 2.24) is 0 Å². The van der Waals surface area contributed by atoms with Gasteiger partial charge in [0.05, 0.1) is 12.8 Å². The number of aromatic carboxylic acids is 1. The summed E-state index contributed by atoms with van der Waals surface area (Å²) in [5.74, 6) is -1.90. The number of carboxylic acid groups (broad SMARTS) is 1. The third-order valence-electron chi connectivity index (χ3n) is 2.87. The Balaban J connectivity index is 2.17. The minimum absolute atomic E-state index is 0.0176. The number of methoxy groups -OCH3 is 1. The summed E-state index contributed by atoms with van der Waals surface area (Å²) in [6.45, 7) is 1.92. The molecule has 0 aliphatic carbocycles. The van der Waals surface area contributed by atoms with E-state index >= 15 is 0 Å². The molecule has 0 fully saturated rings. The summed E-state index contributed by atoms with van der Waals surface area (Å²) in [4.78, 5) is 34.6. The van der Waals surface area contributed by atoms with Crippen molar-refractivity contribution >= 4 is 40.7 Å². The van der Waals surface area contributed by atoms with Crippen molar-refractivity contribution in [3.8, 4) is 0 Å². The van der Waals surface area contributed by atoms with Gasteiger partial charge in [0.25, 0.3) is 0 Å². The fourth-order valence-corrected chi connectivity index (χ4v) is 2.63. The third kappa shape index (κ3) is 4.07. The number of thiophene rings is 1. The van der Waals surface area contributed by atoms with Crippen LogP contribution < -0.4 is 10.6 Å². The van der Waals surface area contributed by atoms with Gasteiger partial charge in [-0.15, -0.1) is 11.3 Å². The molecule has 0 aliphatic heterocycles. The Morgan fingerprint density at radius 3 is 2.35 bits per heavy atom. The molecule has 1 heterocycles. The van der Waals surface area contributed by atoms with Gasteiger partial charge < -0.3 is 20.5 Å². The van der Waals surface area contributed by atoms with Crippen molar-refractivity contribution in [2.24, 2.45) is 0 Å². The lowest BCUT2D eigenvalue weighted by Crippen LogP contribution is -2.20. The van der Waals surface area contributed by atoms with E-state index in [-0.39, 0.29) is 15.4 Å². The highest BCUT2D eigenvalue weighted by atomic mass is 32.1. The smallest absolute Gasteiger partial charge is 0.350 e. The predicted octanol–water partition coefficient (Wildman–Crippen LogP) is 3.19. The Bertz CT molecular complexity index is 752. The fourth-order valence-electron chi connectivity index (χ4n) is 1.76. The first kappa shape index (κ1) is 16.5. The molecule has 0 aliphatic rings. The van der Waals surface area contributed by atoms with E-state index in [2.05, 4.69) is 15.4 Å². The first-order valence-electron chi connectivity index (χ1n) is 6.51. The van der Waals surface area contributed by atoms with Gasteiger partial charge in [-0.05, 0) is 25.1 Å². The van der Waals surface area contributed by atoms with E-state index in [0.717, 1.165) is 16.9 Å². The fraction of sp³-hybridized carbons (Fsp3) is 0.133. The molecule has 0 unspecified atom stereocenters. The number of carboxylic acids is 1. The zero-order chi connectivity index (χ0) is 17.0. The highest BCUT2D eigenvalue weighted by Gasteiger charge is 2.21. The highest BCUT2D eigenvalue weighted by molar-refractivity contribution is 7.16. The SMILES string of the molecule is COC(=O)c1sc(C(=O)O)cc1NC(=O)Nc1ccc(C)cc1. The van der Waals surface area contributed by atoms with Crippen molar-refractivity contribution < 1.29 is 24.2 Å². The molecule has 1 aromatic carbocycles. The number of carbonyl (C=O) groups excluding carboxylic acids is 2. The Hall–Kier alpha value is -2.87. The van der Waals surface area contributed by atoms with Crippen LogP contribution in [0.25, 0.3) is 0 Å². The zero-order valence-corrected chi connectivity index (χ0v) is 13.2. The van der Waals surface area contributed by atoms with E-state index in [1.165, 1.54) is 13.2 Å². The van der Waals surface area contributed by atoms with Crippen LogP contribution in [0.5, 0.6) is 0 Å². The quantitative estimate of drug-likeness (QED) is 0.745. The second kappa shape index (κ2) is 6.93. The summed E-state index contributed by atoms with van der Waals surface area (Å²) in [7, 11) is 1.18. The van der Waals surface area contributed by atoms with E-state index in [0.29, 0.717) is 5.69 Å². The third-order valence-corrected chi connectivity index (χ3v) is 3.97. The Morgan fingerprint density at radius 2 is 1.78 bits per heavy atom. The monoisotopic (exact) mass is 334 g/mol. The molecule has 3 N–H and O–H groups in total. The summed E-state index contributed by atoms with van der Waals surface area (Å²) < 4.78 is 4.59. The van der Waals surface area contributed by atoms with Gasteiger partial charge in [0, 0.05) is 5.69 Å². The minimum atomic E-state index is -1.19. The molecule has 120 valence electrons. The number of hydrogen-bond acceptors (Lipinski definition) is 5. The largest absolute Gasteiger partial charge is 0.477 e. The van der Waals surface area contributed by atoms with Crippen LogP contribution in [0.15, 0.2) is 30.3 Å². The highest BCUT2D eigenvalue weighted by Crippen LogP contribution is 2.28. The summed E-state index contributed by atoms with van der Waals surface area (Å²) in [6.07, 6.45) is 0. The molecule has 8 heteroatoms. The summed E-state index contributed by atoms with van der Waals surface area (Å²) in [5.41, 5.74) is 1.71. The Labute approximate surface area is 135 Å². The molecule has 0 spiro atoms. The first-order chi connectivity index (χ1) is 10.9. The number of amides is 2. The first-order valence-corrected chi connectivity index (χ1v) is 7.32. The molecule has 2 aromatic rings. The normalized spacial score (nSPS) is 10.0. The molecule has 0 saturated heterocycles. The van der Waals surface area contributed by atoms with Crippen LogP contribution in [0.3, 0.4) is 0 Å². The molecular formula is C15H14N2O5S. The molecule has 2 rings (SSSR count). The molecule has 0 atom stereocenters. The number of hydrogen-bond donors (Lipinski definition) is 3. The van der Waals surface area contributed by atoms with E-state index < -0.39 is 18.0 Å². The van der Waals surface area contributed by atoms with E-state index in [4.69, 9.17) is 5.11 Å². The van der Waals surface area contributed by atoms with Gasteiger partial charge in [0.2, 0.25) is 0 Å². The summed E-state index contributed by atoms with van der Waals surface area (Å²) >= 11 is 0.734. The summed E-state index contributed by atoms with van der Waals surface area (Å²) in [5, 5.41) is 14.1. The van der Waals surface area contributed by atoms with Crippen molar-refractivity contribution in [3.05, 3.63) is 45.6 Å². The van der Waals surface area contributed by atoms with Crippen molar-refractivity contribution in [2.45, 2.75) is 6.92 Å². The Morgan fingerprint density at radius 1 is 1.13 bits per heavy atom. The second-order valence-electron chi connectivity index (χ2n) is 4.60. The molecule has 23 heavy (non-hydrogen) atoms. The van der Waals surface area contributed by atoms with E-state index in [1.807, 2.05) is 19.1 Å². The van der Waals surface area contributed by atoms with Crippen LogP contribution >= 0.6 is 11.3 Å². The predicted molar refractivity (Wildman–Crippen MR) is 86.4 cm³/mol. The lowest BCUT2D eigenvalue weighted by molar-refractivity contribution is 0.0606. The molecule has 2 amide bonds. The van der Waals surface area contributed by atoms with Gasteiger partial charge in [-0.3, -0.25) is 0 Å². The van der Waals surface area contributed by atoms with Crippen molar-refractivity contribution in [1.29, 1.82) is 0 Å². The molecule has 7 nitrogen and oxygen atoms in total. The van der Waals surface area contributed by atoms with Gasteiger partial charge in [-0.1, -0.05) is 17.7 Å². The minimum Gasteiger partial charge on any atom is -0.477 e. The average molecular weight is 334 g/mol. The van der Waals surface area contributed by atoms with Crippen LogP contribution in [-0.2, 0) is 4.74 Å². The summed E-state index contributed by atoms with van der Waals surface area (Å²) in [6, 6.07) is 7.76. The van der Waals surface area contributed by atoms with Crippen LogP contribution in [0, 0.1) is 6.92 Å². The number of carbonyl (C=O) groups is 3. The van der Waals surface area contributed by atoms with Crippen LogP contribution in [-0.4, -0.2) is 30.2 Å². The number of ether oxygens (including phenoxy) is 1. The lowest BCUT2D eigenvalue weighted by atomic mass is 10.2. The topological polar surface area (TPSA) is 105 Å². The number of aryl methyl sites for hydroxylation is 1. The number of esters is 1. The van der Waals surface area contributed by atoms with Gasteiger partial charge in [0.15, 0.2) is 0 Å². The van der Waals surface area contributed by atoms with Crippen LogP contribution in [0.2, 0.25) is 0 Å². The zero-order valence-electron chi connectivity index (χ0n) is 12.4. The maximum absolute atomic E-state index is 12.0. The van der Waals surface area contributed by atoms with E-state index in [1.54, 1.807) is 12.1 Å². The maximum Gasteiger partial charge on any atom is 0.350 e. The Kier molecular flexibility index (Phi) is 4.97. The molecular weight excluding hydrogens is 320 g/mol. The molecule has 0 saturated carbocycles. The van der Waals surface area contributed by atoms with Gasteiger partial charge in [-0.2, -0.15) is 0 Å².